The normalized spacial score (nSPS) is 10.3. The van der Waals surface area contributed by atoms with E-state index in [0.717, 1.165) is 16.9 Å². The predicted octanol–water partition coefficient (Wildman–Crippen LogP) is 3.72. The van der Waals surface area contributed by atoms with Crippen LogP contribution in [0.1, 0.15) is 16.7 Å². The lowest BCUT2D eigenvalue weighted by molar-refractivity contribution is -0.123. The van der Waals surface area contributed by atoms with Gasteiger partial charge in [-0.05, 0) is 49.4 Å². The number of benzene rings is 2. The molecule has 0 saturated carbocycles. The molecular formula is C18H21NO2S. The van der Waals surface area contributed by atoms with Gasteiger partial charge in [-0.3, -0.25) is 4.79 Å². The van der Waals surface area contributed by atoms with Crippen LogP contribution in [0.5, 0.6) is 5.75 Å². The molecule has 0 aliphatic carbocycles. The molecule has 0 bridgehead atoms. The molecule has 2 aromatic carbocycles. The molecule has 0 atom stereocenters. The molecule has 0 aliphatic rings. The summed E-state index contributed by atoms with van der Waals surface area (Å²) >= 11 is 1.70. The van der Waals surface area contributed by atoms with Gasteiger partial charge in [-0.1, -0.05) is 29.8 Å². The molecule has 3 nitrogen and oxygen atoms in total. The molecule has 0 heterocycles. The van der Waals surface area contributed by atoms with Crippen molar-refractivity contribution in [1.82, 2.24) is 5.32 Å². The van der Waals surface area contributed by atoms with E-state index in [1.165, 1.54) is 10.5 Å². The van der Waals surface area contributed by atoms with E-state index in [1.54, 1.807) is 11.8 Å². The second kappa shape index (κ2) is 7.90. The first-order valence-electron chi connectivity index (χ1n) is 7.18. The Morgan fingerprint density at radius 2 is 1.86 bits per heavy atom. The summed E-state index contributed by atoms with van der Waals surface area (Å²) in [5.74, 6) is 0.638. The fourth-order valence-corrected chi connectivity index (χ4v) is 2.51. The second-order valence-electron chi connectivity index (χ2n) is 5.18. The average molecular weight is 315 g/mol. The Hall–Kier alpha value is -1.94. The molecule has 0 aromatic heterocycles. The van der Waals surface area contributed by atoms with Crippen molar-refractivity contribution in [2.75, 3.05) is 12.9 Å². The molecule has 0 radical (unpaired) electrons. The highest BCUT2D eigenvalue weighted by atomic mass is 32.2. The maximum absolute atomic E-state index is 11.9. The van der Waals surface area contributed by atoms with Gasteiger partial charge in [0.15, 0.2) is 6.61 Å². The van der Waals surface area contributed by atoms with E-state index in [0.29, 0.717) is 6.54 Å². The highest BCUT2D eigenvalue weighted by Gasteiger charge is 2.05. The van der Waals surface area contributed by atoms with E-state index in [9.17, 15) is 4.79 Å². The molecule has 2 rings (SSSR count). The van der Waals surface area contributed by atoms with Crippen molar-refractivity contribution in [2.45, 2.75) is 25.3 Å². The van der Waals surface area contributed by atoms with Gasteiger partial charge in [0.25, 0.3) is 5.91 Å². The first kappa shape index (κ1) is 16.4. The standard InChI is InChI=1S/C18H21NO2S/c1-13-4-9-17(14(2)10-13)21-12-18(20)19-11-15-5-7-16(22-3)8-6-15/h4-10H,11-12H2,1-3H3,(H,19,20). The smallest absolute Gasteiger partial charge is 0.258 e. The molecule has 2 aromatic rings. The molecule has 0 saturated heterocycles. The monoisotopic (exact) mass is 315 g/mol. The number of aryl methyl sites for hydroxylation is 2. The van der Waals surface area contributed by atoms with E-state index < -0.39 is 0 Å². The van der Waals surface area contributed by atoms with Crippen LogP contribution in [-0.2, 0) is 11.3 Å². The van der Waals surface area contributed by atoms with Crippen molar-refractivity contribution >= 4 is 17.7 Å². The van der Waals surface area contributed by atoms with Crippen LogP contribution in [0.15, 0.2) is 47.4 Å². The van der Waals surface area contributed by atoms with Crippen LogP contribution in [0.3, 0.4) is 0 Å². The fraction of sp³-hybridized carbons (Fsp3) is 0.278. The minimum Gasteiger partial charge on any atom is -0.484 e. The van der Waals surface area contributed by atoms with Crippen molar-refractivity contribution in [3.63, 3.8) is 0 Å². The van der Waals surface area contributed by atoms with Crippen molar-refractivity contribution in [3.05, 3.63) is 59.2 Å². The maximum Gasteiger partial charge on any atom is 0.258 e. The quantitative estimate of drug-likeness (QED) is 0.826. The number of hydrogen-bond acceptors (Lipinski definition) is 3. The Bertz CT molecular complexity index is 638. The molecule has 22 heavy (non-hydrogen) atoms. The summed E-state index contributed by atoms with van der Waals surface area (Å²) in [6.45, 7) is 4.57. The van der Waals surface area contributed by atoms with Gasteiger partial charge < -0.3 is 10.1 Å². The van der Waals surface area contributed by atoms with Crippen LogP contribution >= 0.6 is 11.8 Å². The Morgan fingerprint density at radius 1 is 1.14 bits per heavy atom. The highest BCUT2D eigenvalue weighted by Crippen LogP contribution is 2.18. The SMILES string of the molecule is CSc1ccc(CNC(=O)COc2ccc(C)cc2C)cc1. The van der Waals surface area contributed by atoms with Gasteiger partial charge >= 0.3 is 0 Å². The summed E-state index contributed by atoms with van der Waals surface area (Å²) in [6.07, 6.45) is 2.04. The lowest BCUT2D eigenvalue weighted by Gasteiger charge is -2.10. The Balaban J connectivity index is 1.80. The van der Waals surface area contributed by atoms with Crippen LogP contribution in [0, 0.1) is 13.8 Å². The summed E-state index contributed by atoms with van der Waals surface area (Å²) in [5.41, 5.74) is 3.31. The summed E-state index contributed by atoms with van der Waals surface area (Å²) in [5, 5.41) is 2.87. The highest BCUT2D eigenvalue weighted by molar-refractivity contribution is 7.98. The topological polar surface area (TPSA) is 38.3 Å². The van der Waals surface area contributed by atoms with E-state index in [2.05, 4.69) is 17.4 Å². The lowest BCUT2D eigenvalue weighted by Crippen LogP contribution is -2.28. The zero-order valence-electron chi connectivity index (χ0n) is 13.2. The minimum absolute atomic E-state index is 0.0345. The number of amides is 1. The van der Waals surface area contributed by atoms with Crippen molar-refractivity contribution < 1.29 is 9.53 Å². The molecule has 0 spiro atoms. The van der Waals surface area contributed by atoms with Crippen LogP contribution < -0.4 is 10.1 Å². The van der Waals surface area contributed by atoms with Crippen LogP contribution in [0.4, 0.5) is 0 Å². The molecular weight excluding hydrogens is 294 g/mol. The van der Waals surface area contributed by atoms with Gasteiger partial charge in [0.2, 0.25) is 0 Å². The number of hydrogen-bond donors (Lipinski definition) is 1. The van der Waals surface area contributed by atoms with E-state index in [-0.39, 0.29) is 12.5 Å². The molecule has 0 fully saturated rings. The zero-order valence-corrected chi connectivity index (χ0v) is 14.0. The number of carbonyl (C=O) groups excluding carboxylic acids is 1. The molecule has 1 amide bonds. The van der Waals surface area contributed by atoms with E-state index in [1.807, 2.05) is 50.4 Å². The van der Waals surface area contributed by atoms with Gasteiger partial charge in [-0.25, -0.2) is 0 Å². The predicted molar refractivity (Wildman–Crippen MR) is 91.5 cm³/mol. The Labute approximate surface area is 136 Å². The maximum atomic E-state index is 11.9. The van der Waals surface area contributed by atoms with Gasteiger partial charge in [-0.2, -0.15) is 0 Å². The number of thioether (sulfide) groups is 1. The molecule has 0 unspecified atom stereocenters. The summed E-state index contributed by atoms with van der Waals surface area (Å²) < 4.78 is 5.56. The average Bonchev–Trinajstić information content (AvgIpc) is 2.52. The first-order valence-corrected chi connectivity index (χ1v) is 8.40. The number of ether oxygens (including phenoxy) is 1. The number of nitrogens with one attached hydrogen (secondary N) is 1. The van der Waals surface area contributed by atoms with Gasteiger partial charge in [0, 0.05) is 11.4 Å². The third-order valence-electron chi connectivity index (χ3n) is 3.34. The summed E-state index contributed by atoms with van der Waals surface area (Å²) in [6, 6.07) is 14.1. The van der Waals surface area contributed by atoms with Crippen molar-refractivity contribution in [3.8, 4) is 5.75 Å². The first-order chi connectivity index (χ1) is 10.6. The van der Waals surface area contributed by atoms with Crippen molar-refractivity contribution in [2.24, 2.45) is 0 Å². The van der Waals surface area contributed by atoms with Crippen LogP contribution in [0.2, 0.25) is 0 Å². The number of carbonyl (C=O) groups is 1. The van der Waals surface area contributed by atoms with Crippen LogP contribution in [0.25, 0.3) is 0 Å². The third-order valence-corrected chi connectivity index (χ3v) is 4.08. The molecule has 116 valence electrons. The van der Waals surface area contributed by atoms with Gasteiger partial charge in [0.1, 0.15) is 5.75 Å². The van der Waals surface area contributed by atoms with E-state index >= 15 is 0 Å². The second-order valence-corrected chi connectivity index (χ2v) is 6.06. The third kappa shape index (κ3) is 4.81. The minimum atomic E-state index is -0.117. The summed E-state index contributed by atoms with van der Waals surface area (Å²) in [4.78, 5) is 13.1. The summed E-state index contributed by atoms with van der Waals surface area (Å²) in [7, 11) is 0. The van der Waals surface area contributed by atoms with E-state index in [4.69, 9.17) is 4.74 Å². The largest absolute Gasteiger partial charge is 0.484 e. The zero-order chi connectivity index (χ0) is 15.9. The van der Waals surface area contributed by atoms with Gasteiger partial charge in [0.05, 0.1) is 0 Å². The van der Waals surface area contributed by atoms with Gasteiger partial charge in [-0.15, -0.1) is 11.8 Å². The van der Waals surface area contributed by atoms with Crippen LogP contribution in [-0.4, -0.2) is 18.8 Å². The fourth-order valence-electron chi connectivity index (χ4n) is 2.10. The Kier molecular flexibility index (Phi) is 5.90. The van der Waals surface area contributed by atoms with Crippen molar-refractivity contribution in [1.29, 1.82) is 0 Å². The molecule has 4 heteroatoms. The number of rotatable bonds is 6. The lowest BCUT2D eigenvalue weighted by atomic mass is 10.1. The molecule has 0 aliphatic heterocycles. The molecule has 1 N–H and O–H groups in total. The Morgan fingerprint density at radius 3 is 2.50 bits per heavy atom.